The molecule has 106 valence electrons. The maximum Gasteiger partial charge on any atom is 0.129 e. The Morgan fingerprint density at radius 1 is 1.10 bits per heavy atom. The highest BCUT2D eigenvalue weighted by atomic mass is 16.4. The van der Waals surface area contributed by atoms with Gasteiger partial charge in [0.25, 0.3) is 0 Å². The smallest absolute Gasteiger partial charge is 0.129 e. The second kappa shape index (κ2) is 5.79. The molecule has 1 aliphatic heterocycles. The van der Waals surface area contributed by atoms with E-state index < -0.39 is 0 Å². The van der Waals surface area contributed by atoms with Crippen LogP contribution in [0.1, 0.15) is 28.7 Å². The van der Waals surface area contributed by atoms with Crippen molar-refractivity contribution in [2.24, 2.45) is 0 Å². The van der Waals surface area contributed by atoms with E-state index in [-0.39, 0.29) is 19.3 Å². The number of aliphatic hydroxyl groups is 2. The summed E-state index contributed by atoms with van der Waals surface area (Å²) in [5.74, 6) is 1.41. The van der Waals surface area contributed by atoms with Crippen LogP contribution in [0.2, 0.25) is 0 Å². The number of aliphatic hydroxyl groups excluding tert-OH is 2. The molecule has 2 aromatic rings. The molecule has 0 fully saturated rings. The van der Waals surface area contributed by atoms with Gasteiger partial charge in [-0.05, 0) is 29.7 Å². The number of fused-ring (bicyclic) bond motifs is 1. The second-order valence-electron chi connectivity index (χ2n) is 5.14. The fourth-order valence-electron chi connectivity index (χ4n) is 2.90. The first-order chi connectivity index (χ1) is 9.81. The van der Waals surface area contributed by atoms with E-state index in [2.05, 4.69) is 17.0 Å². The van der Waals surface area contributed by atoms with Crippen LogP contribution in [0.5, 0.6) is 0 Å². The number of nitrogens with zero attached hydrogens (tertiary/aromatic N) is 1. The van der Waals surface area contributed by atoms with Crippen LogP contribution in [0.4, 0.5) is 0 Å². The normalized spacial score (nSPS) is 19.0. The van der Waals surface area contributed by atoms with Gasteiger partial charge >= 0.3 is 0 Å². The van der Waals surface area contributed by atoms with Gasteiger partial charge in [-0.15, -0.1) is 0 Å². The molecular formula is C16H19NO3. The molecule has 3 rings (SSSR count). The van der Waals surface area contributed by atoms with Crippen LogP contribution in [0.25, 0.3) is 0 Å². The number of benzene rings is 1. The van der Waals surface area contributed by atoms with Gasteiger partial charge in [-0.1, -0.05) is 24.3 Å². The molecular weight excluding hydrogens is 254 g/mol. The number of rotatable bonds is 4. The number of hydrogen-bond acceptors (Lipinski definition) is 4. The number of hydrogen-bond donors (Lipinski definition) is 2. The van der Waals surface area contributed by atoms with Gasteiger partial charge < -0.3 is 14.6 Å². The molecule has 0 radical (unpaired) electrons. The highest BCUT2D eigenvalue weighted by Crippen LogP contribution is 2.30. The molecule has 1 atom stereocenters. The van der Waals surface area contributed by atoms with Crippen molar-refractivity contribution in [2.75, 3.05) is 13.2 Å². The summed E-state index contributed by atoms with van der Waals surface area (Å²) < 4.78 is 5.54. The van der Waals surface area contributed by atoms with Crippen LogP contribution in [0.3, 0.4) is 0 Å². The Bertz CT molecular complexity index is 579. The molecule has 0 aliphatic carbocycles. The third kappa shape index (κ3) is 2.50. The van der Waals surface area contributed by atoms with Crippen molar-refractivity contribution in [3.8, 4) is 0 Å². The highest BCUT2D eigenvalue weighted by Gasteiger charge is 2.27. The van der Waals surface area contributed by atoms with Crippen molar-refractivity contribution < 1.29 is 14.6 Å². The van der Waals surface area contributed by atoms with Gasteiger partial charge in [-0.3, -0.25) is 4.90 Å². The molecule has 0 bridgehead atoms. The molecule has 1 aliphatic rings. The van der Waals surface area contributed by atoms with Gasteiger partial charge in [0.2, 0.25) is 0 Å². The molecule has 1 unspecified atom stereocenters. The van der Waals surface area contributed by atoms with Crippen molar-refractivity contribution in [3.63, 3.8) is 0 Å². The molecule has 1 aromatic carbocycles. The quantitative estimate of drug-likeness (QED) is 0.893. The van der Waals surface area contributed by atoms with Crippen molar-refractivity contribution in [3.05, 3.63) is 59.0 Å². The maximum absolute atomic E-state index is 9.73. The van der Waals surface area contributed by atoms with Crippen LogP contribution in [-0.4, -0.2) is 28.3 Å². The Kier molecular flexibility index (Phi) is 3.87. The van der Waals surface area contributed by atoms with Gasteiger partial charge in [-0.25, -0.2) is 0 Å². The summed E-state index contributed by atoms with van der Waals surface area (Å²) in [5.41, 5.74) is 2.52. The van der Waals surface area contributed by atoms with E-state index in [1.54, 1.807) is 6.07 Å². The number of furan rings is 1. The van der Waals surface area contributed by atoms with Gasteiger partial charge in [0, 0.05) is 6.54 Å². The second-order valence-corrected chi connectivity index (χ2v) is 5.14. The van der Waals surface area contributed by atoms with Gasteiger partial charge in [-0.2, -0.15) is 0 Å². The summed E-state index contributed by atoms with van der Waals surface area (Å²) in [6.07, 6.45) is 0.986. The zero-order chi connectivity index (χ0) is 13.9. The first kappa shape index (κ1) is 13.4. The average Bonchev–Trinajstić information content (AvgIpc) is 2.95. The molecule has 2 heterocycles. The molecule has 20 heavy (non-hydrogen) atoms. The third-order valence-electron chi connectivity index (χ3n) is 3.93. The van der Waals surface area contributed by atoms with Crippen LogP contribution < -0.4 is 0 Å². The average molecular weight is 273 g/mol. The maximum atomic E-state index is 9.73. The van der Waals surface area contributed by atoms with Crippen LogP contribution in [0.15, 0.2) is 40.8 Å². The standard InChI is InChI=1S/C16H19NO3/c18-10-14-6-5-13(20-14)9-17-8-7-12-3-1-2-4-15(12)16(17)11-19/h1-6,16,18-19H,7-11H2. The predicted octanol–water partition coefficient (Wildman–Crippen LogP) is 1.86. The molecule has 4 heteroatoms. The Morgan fingerprint density at radius 2 is 1.90 bits per heavy atom. The molecule has 0 saturated heterocycles. The van der Waals surface area contributed by atoms with Crippen LogP contribution in [0, 0.1) is 0 Å². The monoisotopic (exact) mass is 273 g/mol. The van der Waals surface area contributed by atoms with Crippen molar-refractivity contribution in [1.29, 1.82) is 0 Å². The largest absolute Gasteiger partial charge is 0.462 e. The summed E-state index contributed by atoms with van der Waals surface area (Å²) in [6, 6.07) is 12.0. The zero-order valence-electron chi connectivity index (χ0n) is 11.3. The lowest BCUT2D eigenvalue weighted by Crippen LogP contribution is -2.36. The third-order valence-corrected chi connectivity index (χ3v) is 3.93. The van der Waals surface area contributed by atoms with E-state index in [0.717, 1.165) is 18.7 Å². The van der Waals surface area contributed by atoms with E-state index in [1.165, 1.54) is 11.1 Å². The van der Waals surface area contributed by atoms with Gasteiger partial charge in [0.1, 0.15) is 18.1 Å². The minimum atomic E-state index is -0.0771. The van der Waals surface area contributed by atoms with E-state index >= 15 is 0 Å². The summed E-state index contributed by atoms with van der Waals surface area (Å²) in [4.78, 5) is 2.22. The van der Waals surface area contributed by atoms with Crippen LogP contribution >= 0.6 is 0 Å². The summed E-state index contributed by atoms with van der Waals surface area (Å²) in [5, 5.41) is 18.8. The SMILES string of the molecule is OCc1ccc(CN2CCc3ccccc3C2CO)o1. The van der Waals surface area contributed by atoms with Crippen molar-refractivity contribution >= 4 is 0 Å². The van der Waals surface area contributed by atoms with E-state index in [4.69, 9.17) is 9.52 Å². The summed E-state index contributed by atoms with van der Waals surface area (Å²) >= 11 is 0. The molecule has 0 spiro atoms. The Balaban J connectivity index is 1.80. The van der Waals surface area contributed by atoms with Crippen molar-refractivity contribution in [2.45, 2.75) is 25.6 Å². The molecule has 4 nitrogen and oxygen atoms in total. The van der Waals surface area contributed by atoms with E-state index in [9.17, 15) is 5.11 Å². The summed E-state index contributed by atoms with van der Waals surface area (Å²) in [6.45, 7) is 1.58. The first-order valence-electron chi connectivity index (χ1n) is 6.93. The lowest BCUT2D eigenvalue weighted by Gasteiger charge is -2.35. The molecule has 0 amide bonds. The lowest BCUT2D eigenvalue weighted by atomic mass is 9.93. The lowest BCUT2D eigenvalue weighted by molar-refractivity contribution is 0.0999. The molecule has 0 saturated carbocycles. The summed E-state index contributed by atoms with van der Waals surface area (Å²) in [7, 11) is 0. The van der Waals surface area contributed by atoms with Gasteiger partial charge in [0.15, 0.2) is 0 Å². The zero-order valence-corrected chi connectivity index (χ0v) is 11.3. The minimum absolute atomic E-state index is 0.0163. The Morgan fingerprint density at radius 3 is 2.65 bits per heavy atom. The molecule has 2 N–H and O–H groups in total. The Hall–Kier alpha value is -1.62. The predicted molar refractivity (Wildman–Crippen MR) is 75.0 cm³/mol. The van der Waals surface area contributed by atoms with Crippen LogP contribution in [-0.2, 0) is 19.6 Å². The van der Waals surface area contributed by atoms with Gasteiger partial charge in [0.05, 0.1) is 19.2 Å². The highest BCUT2D eigenvalue weighted by molar-refractivity contribution is 5.32. The van der Waals surface area contributed by atoms with E-state index in [0.29, 0.717) is 12.3 Å². The fourth-order valence-corrected chi connectivity index (χ4v) is 2.90. The minimum Gasteiger partial charge on any atom is -0.462 e. The fraction of sp³-hybridized carbons (Fsp3) is 0.375. The van der Waals surface area contributed by atoms with Crippen molar-refractivity contribution in [1.82, 2.24) is 4.90 Å². The Labute approximate surface area is 118 Å². The first-order valence-corrected chi connectivity index (χ1v) is 6.93. The van der Waals surface area contributed by atoms with E-state index in [1.807, 2.05) is 18.2 Å². The molecule has 1 aromatic heterocycles. The topological polar surface area (TPSA) is 56.8 Å².